The number of anilines is 1. The normalized spacial score (nSPS) is 20.4. The predicted octanol–water partition coefficient (Wildman–Crippen LogP) is 3.43. The number of nitro benzene ring substituents is 1. The average molecular weight is 393 g/mol. The third-order valence-corrected chi connectivity index (χ3v) is 4.39. The first-order chi connectivity index (χ1) is 10.9. The lowest BCUT2D eigenvalue weighted by molar-refractivity contribution is -0.384. The zero-order chi connectivity index (χ0) is 16.6. The van der Waals surface area contributed by atoms with Gasteiger partial charge in [0.25, 0.3) is 5.69 Å². The molecule has 6 nitrogen and oxygen atoms in total. The Balaban J connectivity index is 1.88. The largest absolute Gasteiger partial charge is 0.338 e. The maximum Gasteiger partial charge on any atom is 0.269 e. The van der Waals surface area contributed by atoms with Gasteiger partial charge in [0.1, 0.15) is 5.66 Å². The molecule has 8 heteroatoms. The molecule has 2 aromatic carbocycles. The van der Waals surface area contributed by atoms with Crippen LogP contribution in [0.3, 0.4) is 0 Å². The van der Waals surface area contributed by atoms with E-state index in [1.807, 2.05) is 31.2 Å². The molecule has 0 saturated carbocycles. The third-order valence-electron chi connectivity index (χ3n) is 3.62. The second kappa shape index (κ2) is 5.88. The quantitative estimate of drug-likeness (QED) is 0.473. The minimum Gasteiger partial charge on any atom is -0.338 e. The van der Waals surface area contributed by atoms with E-state index in [4.69, 9.17) is 12.2 Å². The van der Waals surface area contributed by atoms with Crippen molar-refractivity contribution in [2.24, 2.45) is 0 Å². The Morgan fingerprint density at radius 1 is 1.26 bits per heavy atom. The van der Waals surface area contributed by atoms with E-state index in [-0.39, 0.29) is 5.69 Å². The topological polar surface area (TPSA) is 70.4 Å². The van der Waals surface area contributed by atoms with Crippen molar-refractivity contribution in [2.45, 2.75) is 12.6 Å². The number of nitrogens with one attached hydrogen (secondary N) is 2. The van der Waals surface area contributed by atoms with Gasteiger partial charge in [-0.25, -0.2) is 5.01 Å². The van der Waals surface area contributed by atoms with Crippen molar-refractivity contribution in [1.82, 2.24) is 10.7 Å². The summed E-state index contributed by atoms with van der Waals surface area (Å²) in [4.78, 5) is 10.3. The van der Waals surface area contributed by atoms with Crippen LogP contribution in [0.4, 0.5) is 11.4 Å². The highest BCUT2D eigenvalue weighted by molar-refractivity contribution is 9.10. The fraction of sp³-hybridized carbons (Fsp3) is 0.133. The van der Waals surface area contributed by atoms with E-state index in [2.05, 4.69) is 26.7 Å². The molecule has 1 aliphatic rings. The summed E-state index contributed by atoms with van der Waals surface area (Å²) in [5.41, 5.74) is 4.53. The molecular weight excluding hydrogens is 380 g/mol. The first-order valence-electron chi connectivity index (χ1n) is 6.80. The van der Waals surface area contributed by atoms with Crippen LogP contribution in [0, 0.1) is 10.1 Å². The Morgan fingerprint density at radius 2 is 1.96 bits per heavy atom. The molecule has 1 aliphatic heterocycles. The number of halogens is 1. The average Bonchev–Trinajstić information content (AvgIpc) is 2.84. The van der Waals surface area contributed by atoms with E-state index in [0.29, 0.717) is 5.11 Å². The van der Waals surface area contributed by atoms with Gasteiger partial charge in [-0.3, -0.25) is 10.1 Å². The Morgan fingerprint density at radius 3 is 2.57 bits per heavy atom. The van der Waals surface area contributed by atoms with E-state index < -0.39 is 10.6 Å². The van der Waals surface area contributed by atoms with Gasteiger partial charge in [0, 0.05) is 16.6 Å². The summed E-state index contributed by atoms with van der Waals surface area (Å²) in [5, 5.41) is 16.2. The molecule has 1 saturated heterocycles. The van der Waals surface area contributed by atoms with Crippen LogP contribution in [0.15, 0.2) is 53.0 Å². The van der Waals surface area contributed by atoms with Gasteiger partial charge in [0.15, 0.2) is 5.11 Å². The van der Waals surface area contributed by atoms with Crippen LogP contribution < -0.4 is 15.8 Å². The van der Waals surface area contributed by atoms with E-state index in [0.717, 1.165) is 15.7 Å². The minimum atomic E-state index is -0.567. The Labute approximate surface area is 146 Å². The molecule has 23 heavy (non-hydrogen) atoms. The first kappa shape index (κ1) is 15.9. The summed E-state index contributed by atoms with van der Waals surface area (Å²) < 4.78 is 0.972. The Bertz CT molecular complexity index is 783. The van der Waals surface area contributed by atoms with Crippen molar-refractivity contribution in [1.29, 1.82) is 0 Å². The van der Waals surface area contributed by atoms with Crippen molar-refractivity contribution >= 4 is 44.6 Å². The first-order valence-corrected chi connectivity index (χ1v) is 8.00. The summed E-state index contributed by atoms with van der Waals surface area (Å²) in [6, 6.07) is 14.1. The Kier molecular flexibility index (Phi) is 4.05. The number of nitrogens with zero attached hydrogens (tertiary/aromatic N) is 2. The van der Waals surface area contributed by atoms with Crippen molar-refractivity contribution in [3.63, 3.8) is 0 Å². The van der Waals surface area contributed by atoms with Gasteiger partial charge in [-0.2, -0.15) is 5.43 Å². The lowest BCUT2D eigenvalue weighted by Gasteiger charge is -2.26. The standard InChI is InChI=1S/C15H13BrN4O2S/c1-15(10-3-2-4-11(16)9-10)17-14(23)19(18-15)12-5-7-13(8-6-12)20(21)22/h2-9,18H,1H3,(H,17,23). The van der Waals surface area contributed by atoms with Crippen molar-refractivity contribution in [3.8, 4) is 0 Å². The monoisotopic (exact) mass is 392 g/mol. The van der Waals surface area contributed by atoms with Crippen molar-refractivity contribution in [3.05, 3.63) is 68.7 Å². The molecule has 1 heterocycles. The summed E-state index contributed by atoms with van der Waals surface area (Å²) in [7, 11) is 0. The number of hydrogen-bond donors (Lipinski definition) is 2. The molecule has 0 aliphatic carbocycles. The van der Waals surface area contributed by atoms with Gasteiger partial charge in [0.2, 0.25) is 0 Å². The molecule has 0 radical (unpaired) electrons. The molecule has 118 valence electrons. The van der Waals surface area contributed by atoms with Gasteiger partial charge in [-0.15, -0.1) is 0 Å². The maximum atomic E-state index is 10.8. The second-order valence-corrected chi connectivity index (χ2v) is 6.59. The number of benzene rings is 2. The predicted molar refractivity (Wildman–Crippen MR) is 95.9 cm³/mol. The van der Waals surface area contributed by atoms with Gasteiger partial charge < -0.3 is 5.32 Å². The van der Waals surface area contributed by atoms with Gasteiger partial charge >= 0.3 is 0 Å². The summed E-state index contributed by atoms with van der Waals surface area (Å²) in [6.07, 6.45) is 0. The fourth-order valence-corrected chi connectivity index (χ4v) is 3.17. The number of hydrazine groups is 1. The minimum absolute atomic E-state index is 0.0431. The molecule has 2 aromatic rings. The smallest absolute Gasteiger partial charge is 0.269 e. The highest BCUT2D eigenvalue weighted by Gasteiger charge is 2.38. The maximum absolute atomic E-state index is 10.8. The fourth-order valence-electron chi connectivity index (χ4n) is 2.41. The van der Waals surface area contributed by atoms with E-state index in [9.17, 15) is 10.1 Å². The zero-order valence-electron chi connectivity index (χ0n) is 12.1. The van der Waals surface area contributed by atoms with E-state index in [1.54, 1.807) is 17.1 Å². The number of non-ortho nitro benzene ring substituents is 1. The van der Waals surface area contributed by atoms with Crippen LogP contribution in [0.5, 0.6) is 0 Å². The van der Waals surface area contributed by atoms with Crippen LogP contribution in [-0.4, -0.2) is 10.0 Å². The summed E-state index contributed by atoms with van der Waals surface area (Å²) in [5.74, 6) is 0. The van der Waals surface area contributed by atoms with Crippen LogP contribution in [0.2, 0.25) is 0 Å². The third kappa shape index (κ3) is 3.05. The molecule has 1 atom stereocenters. The number of hydrogen-bond acceptors (Lipinski definition) is 4. The lowest BCUT2D eigenvalue weighted by atomic mass is 10.0. The molecule has 3 rings (SSSR count). The number of nitro groups is 1. The van der Waals surface area contributed by atoms with Crippen LogP contribution in [0.1, 0.15) is 12.5 Å². The Hall–Kier alpha value is -2.03. The second-order valence-electron chi connectivity index (χ2n) is 5.29. The molecule has 0 bridgehead atoms. The number of rotatable bonds is 3. The van der Waals surface area contributed by atoms with Crippen molar-refractivity contribution in [2.75, 3.05) is 5.01 Å². The van der Waals surface area contributed by atoms with Crippen LogP contribution >= 0.6 is 28.1 Å². The van der Waals surface area contributed by atoms with Gasteiger partial charge in [-0.1, -0.05) is 28.1 Å². The van der Waals surface area contributed by atoms with E-state index in [1.165, 1.54) is 12.1 Å². The molecule has 0 aromatic heterocycles. The molecule has 1 fully saturated rings. The van der Waals surface area contributed by atoms with Gasteiger partial charge in [-0.05, 0) is 49.0 Å². The van der Waals surface area contributed by atoms with Crippen LogP contribution in [-0.2, 0) is 5.66 Å². The lowest BCUT2D eigenvalue weighted by Crippen LogP contribution is -2.45. The molecule has 2 N–H and O–H groups in total. The SMILES string of the molecule is CC1(c2cccc(Br)c2)NC(=S)N(c2ccc([N+](=O)[O-])cc2)N1. The number of thiocarbonyl (C=S) groups is 1. The van der Waals surface area contributed by atoms with Crippen LogP contribution in [0.25, 0.3) is 0 Å². The molecule has 0 amide bonds. The van der Waals surface area contributed by atoms with E-state index >= 15 is 0 Å². The highest BCUT2D eigenvalue weighted by atomic mass is 79.9. The van der Waals surface area contributed by atoms with Crippen molar-refractivity contribution < 1.29 is 4.92 Å². The molecular formula is C15H13BrN4O2S. The molecule has 0 spiro atoms. The highest BCUT2D eigenvalue weighted by Crippen LogP contribution is 2.28. The summed E-state index contributed by atoms with van der Waals surface area (Å²) >= 11 is 8.86. The molecule has 1 unspecified atom stereocenters. The zero-order valence-corrected chi connectivity index (χ0v) is 14.5. The summed E-state index contributed by atoms with van der Waals surface area (Å²) in [6.45, 7) is 1.98. The van der Waals surface area contributed by atoms with Gasteiger partial charge in [0.05, 0.1) is 10.6 Å².